The van der Waals surface area contributed by atoms with Gasteiger partial charge in [-0.2, -0.15) is 0 Å². The Hall–Kier alpha value is -1.90. The molecule has 0 aliphatic carbocycles. The molecular weight excluding hydrogens is 456 g/mol. The molecule has 1 atom stereocenters. The molecule has 1 N–H and O–H groups in total. The van der Waals surface area contributed by atoms with E-state index in [9.17, 15) is 18.0 Å². The molecule has 9 heteroatoms. The molecule has 1 fully saturated rings. The molecule has 2 aromatic rings. The lowest BCUT2D eigenvalue weighted by molar-refractivity contribution is -0.119. The molecule has 0 spiro atoms. The fourth-order valence-corrected chi connectivity index (χ4v) is 5.14. The van der Waals surface area contributed by atoms with Gasteiger partial charge in [-0.3, -0.25) is 9.59 Å². The maximum Gasteiger partial charge on any atom is 0.257 e. The summed E-state index contributed by atoms with van der Waals surface area (Å²) in [6, 6.07) is 9.50. The van der Waals surface area contributed by atoms with Gasteiger partial charge in [0.25, 0.3) is 5.91 Å². The van der Waals surface area contributed by atoms with E-state index in [1.807, 2.05) is 13.0 Å². The van der Waals surface area contributed by atoms with Crippen molar-refractivity contribution in [2.75, 3.05) is 15.4 Å². The van der Waals surface area contributed by atoms with E-state index in [1.165, 1.54) is 18.2 Å². The Kier molecular flexibility index (Phi) is 5.33. The third-order valence-electron chi connectivity index (χ3n) is 4.21. The molecule has 1 saturated heterocycles. The Morgan fingerprint density at radius 1 is 1.26 bits per heavy atom. The lowest BCUT2D eigenvalue weighted by atomic mass is 10.1. The summed E-state index contributed by atoms with van der Waals surface area (Å²) in [6.45, 7) is 3.46. The standard InChI is InChI=1S/C18H16BrClN2O4S/c1-10-7-12(3-6-15(10)19)21-17(23)14-5-4-13(8-16(14)20)22-18(24)11(2)9-27(22,25)26/h3-8,11H,9H2,1-2H3,(H,21,23). The van der Waals surface area contributed by atoms with Gasteiger partial charge in [-0.1, -0.05) is 34.5 Å². The number of hydrogen-bond acceptors (Lipinski definition) is 4. The zero-order chi connectivity index (χ0) is 19.9. The first-order valence-electron chi connectivity index (χ1n) is 8.04. The van der Waals surface area contributed by atoms with Crippen molar-refractivity contribution in [1.82, 2.24) is 0 Å². The van der Waals surface area contributed by atoms with Gasteiger partial charge in [-0.05, 0) is 48.9 Å². The van der Waals surface area contributed by atoms with Gasteiger partial charge < -0.3 is 5.32 Å². The van der Waals surface area contributed by atoms with Crippen LogP contribution < -0.4 is 9.62 Å². The van der Waals surface area contributed by atoms with E-state index >= 15 is 0 Å². The van der Waals surface area contributed by atoms with Crippen LogP contribution in [0.3, 0.4) is 0 Å². The van der Waals surface area contributed by atoms with Gasteiger partial charge in [0, 0.05) is 10.2 Å². The number of halogens is 2. The number of sulfonamides is 1. The number of carbonyl (C=O) groups excluding carboxylic acids is 2. The molecule has 1 heterocycles. The van der Waals surface area contributed by atoms with Crippen molar-refractivity contribution in [3.63, 3.8) is 0 Å². The van der Waals surface area contributed by atoms with E-state index in [-0.39, 0.29) is 22.0 Å². The topological polar surface area (TPSA) is 83.6 Å². The summed E-state index contributed by atoms with van der Waals surface area (Å²) in [5, 5.41) is 2.80. The highest BCUT2D eigenvalue weighted by Gasteiger charge is 2.42. The average molecular weight is 472 g/mol. The van der Waals surface area contributed by atoms with E-state index in [4.69, 9.17) is 11.6 Å². The highest BCUT2D eigenvalue weighted by atomic mass is 79.9. The third-order valence-corrected chi connectivity index (χ3v) is 7.28. The van der Waals surface area contributed by atoms with Crippen LogP contribution in [0.4, 0.5) is 11.4 Å². The van der Waals surface area contributed by atoms with E-state index < -0.39 is 27.8 Å². The predicted octanol–water partition coefficient (Wildman–Crippen LogP) is 3.98. The van der Waals surface area contributed by atoms with Crippen molar-refractivity contribution < 1.29 is 18.0 Å². The monoisotopic (exact) mass is 470 g/mol. The molecule has 0 bridgehead atoms. The molecule has 6 nitrogen and oxygen atoms in total. The maximum absolute atomic E-state index is 12.5. The Bertz CT molecular complexity index is 1060. The fraction of sp³-hybridized carbons (Fsp3) is 0.222. The molecule has 2 aromatic carbocycles. The van der Waals surface area contributed by atoms with Crippen LogP contribution in [0.25, 0.3) is 0 Å². The molecule has 1 aliphatic heterocycles. The minimum absolute atomic E-state index is 0.0568. The Balaban J connectivity index is 1.87. The quantitative estimate of drug-likeness (QED) is 0.734. The number of carbonyl (C=O) groups is 2. The van der Waals surface area contributed by atoms with Gasteiger partial charge >= 0.3 is 0 Å². The summed E-state index contributed by atoms with van der Waals surface area (Å²) in [4.78, 5) is 24.7. The second-order valence-electron chi connectivity index (χ2n) is 6.36. The number of aryl methyl sites for hydroxylation is 1. The van der Waals surface area contributed by atoms with Crippen LogP contribution in [0, 0.1) is 12.8 Å². The van der Waals surface area contributed by atoms with Crippen LogP contribution in [-0.2, 0) is 14.8 Å². The zero-order valence-corrected chi connectivity index (χ0v) is 17.7. The van der Waals surface area contributed by atoms with Crippen LogP contribution in [0.5, 0.6) is 0 Å². The van der Waals surface area contributed by atoms with Crippen LogP contribution in [0.15, 0.2) is 40.9 Å². The third kappa shape index (κ3) is 3.88. The molecule has 0 saturated carbocycles. The Morgan fingerprint density at radius 2 is 1.96 bits per heavy atom. The van der Waals surface area contributed by atoms with Crippen molar-refractivity contribution in [2.24, 2.45) is 5.92 Å². The van der Waals surface area contributed by atoms with Crippen LogP contribution in [-0.4, -0.2) is 26.0 Å². The zero-order valence-electron chi connectivity index (χ0n) is 14.5. The SMILES string of the molecule is Cc1cc(NC(=O)c2ccc(N3C(=O)C(C)CS3(=O)=O)cc2Cl)ccc1Br. The molecule has 3 rings (SSSR count). The molecule has 0 radical (unpaired) electrons. The van der Waals surface area contributed by atoms with Gasteiger partial charge in [0.05, 0.1) is 27.9 Å². The summed E-state index contributed by atoms with van der Waals surface area (Å²) in [7, 11) is -3.73. The highest BCUT2D eigenvalue weighted by Crippen LogP contribution is 2.31. The summed E-state index contributed by atoms with van der Waals surface area (Å²) in [5.74, 6) is -1.79. The minimum Gasteiger partial charge on any atom is -0.322 e. The number of amides is 2. The van der Waals surface area contributed by atoms with E-state index in [1.54, 1.807) is 19.1 Å². The van der Waals surface area contributed by atoms with Crippen LogP contribution in [0.2, 0.25) is 5.02 Å². The molecule has 27 heavy (non-hydrogen) atoms. The largest absolute Gasteiger partial charge is 0.322 e. The summed E-state index contributed by atoms with van der Waals surface area (Å²) in [6.07, 6.45) is 0. The summed E-state index contributed by atoms with van der Waals surface area (Å²) < 4.78 is 26.1. The summed E-state index contributed by atoms with van der Waals surface area (Å²) >= 11 is 9.60. The molecule has 2 amide bonds. The van der Waals surface area contributed by atoms with Crippen molar-refractivity contribution in [1.29, 1.82) is 0 Å². The number of hydrogen-bond donors (Lipinski definition) is 1. The normalized spacial score (nSPS) is 18.6. The van der Waals surface area contributed by atoms with Gasteiger partial charge in [-0.15, -0.1) is 0 Å². The smallest absolute Gasteiger partial charge is 0.257 e. The highest BCUT2D eigenvalue weighted by molar-refractivity contribution is 9.10. The van der Waals surface area contributed by atoms with Crippen molar-refractivity contribution >= 4 is 60.7 Å². The number of nitrogens with zero attached hydrogens (tertiary/aromatic N) is 1. The summed E-state index contributed by atoms with van der Waals surface area (Å²) in [5.41, 5.74) is 1.87. The van der Waals surface area contributed by atoms with Gasteiger partial charge in [0.15, 0.2) is 0 Å². The van der Waals surface area contributed by atoms with Crippen molar-refractivity contribution in [3.05, 3.63) is 57.0 Å². The first kappa shape index (κ1) is 19.9. The molecular formula is C18H16BrClN2O4S. The number of anilines is 2. The minimum atomic E-state index is -3.73. The first-order chi connectivity index (χ1) is 12.6. The van der Waals surface area contributed by atoms with Crippen molar-refractivity contribution in [3.8, 4) is 0 Å². The average Bonchev–Trinajstić information content (AvgIpc) is 2.78. The number of rotatable bonds is 3. The molecule has 1 unspecified atom stereocenters. The van der Waals surface area contributed by atoms with Gasteiger partial charge in [0.2, 0.25) is 15.9 Å². The van der Waals surface area contributed by atoms with Crippen LogP contribution >= 0.6 is 27.5 Å². The van der Waals surface area contributed by atoms with Crippen molar-refractivity contribution in [2.45, 2.75) is 13.8 Å². The molecule has 142 valence electrons. The van der Waals surface area contributed by atoms with Crippen LogP contribution in [0.1, 0.15) is 22.8 Å². The van der Waals surface area contributed by atoms with Gasteiger partial charge in [0.1, 0.15) is 0 Å². The van der Waals surface area contributed by atoms with E-state index in [0.29, 0.717) is 5.69 Å². The lowest BCUT2D eigenvalue weighted by Crippen LogP contribution is -2.30. The van der Waals surface area contributed by atoms with E-state index in [2.05, 4.69) is 21.2 Å². The fourth-order valence-electron chi connectivity index (χ4n) is 2.82. The number of nitrogens with one attached hydrogen (secondary N) is 1. The predicted molar refractivity (Wildman–Crippen MR) is 109 cm³/mol. The molecule has 1 aliphatic rings. The number of benzene rings is 2. The second-order valence-corrected chi connectivity index (χ2v) is 9.49. The maximum atomic E-state index is 12.5. The van der Waals surface area contributed by atoms with E-state index in [0.717, 1.165) is 14.3 Å². The Labute approximate surface area is 170 Å². The first-order valence-corrected chi connectivity index (χ1v) is 10.8. The molecule has 0 aromatic heterocycles. The second kappa shape index (κ2) is 7.26. The Morgan fingerprint density at radius 3 is 2.52 bits per heavy atom. The lowest BCUT2D eigenvalue weighted by Gasteiger charge is -2.16. The van der Waals surface area contributed by atoms with Gasteiger partial charge in [-0.25, -0.2) is 12.7 Å².